The highest BCUT2D eigenvalue weighted by Crippen LogP contribution is 2.48. The first-order chi connectivity index (χ1) is 12.5. The van der Waals surface area contributed by atoms with Gasteiger partial charge in [0.2, 0.25) is 5.91 Å². The van der Waals surface area contributed by atoms with E-state index in [4.69, 9.17) is 0 Å². The Morgan fingerprint density at radius 2 is 1.58 bits per heavy atom. The van der Waals surface area contributed by atoms with E-state index in [9.17, 15) is 19.5 Å². The van der Waals surface area contributed by atoms with E-state index in [-0.39, 0.29) is 23.7 Å². The summed E-state index contributed by atoms with van der Waals surface area (Å²) in [7, 11) is 0. The van der Waals surface area contributed by atoms with Crippen LogP contribution in [0, 0.1) is 23.7 Å². The minimum atomic E-state index is -0.909. The molecule has 136 valence electrons. The zero-order valence-corrected chi connectivity index (χ0v) is 14.4. The molecule has 0 aromatic heterocycles. The second kappa shape index (κ2) is 6.59. The Hall–Kier alpha value is -2.63. The fourth-order valence-electron chi connectivity index (χ4n) is 4.54. The van der Waals surface area contributed by atoms with Crippen LogP contribution in [0.4, 0.5) is 5.69 Å². The van der Waals surface area contributed by atoms with E-state index >= 15 is 0 Å². The number of fused-ring (bicyclic) bond motifs is 2. The number of carboxylic acid groups (broad SMARTS) is 1. The minimum absolute atomic E-state index is 0.00267. The van der Waals surface area contributed by atoms with Gasteiger partial charge in [-0.1, -0.05) is 12.2 Å². The molecule has 6 heteroatoms. The number of anilines is 1. The van der Waals surface area contributed by atoms with Gasteiger partial charge < -0.3 is 15.3 Å². The molecule has 1 aromatic rings. The fraction of sp³-hybridized carbons (Fsp3) is 0.450. The van der Waals surface area contributed by atoms with Crippen molar-refractivity contribution in [3.63, 3.8) is 0 Å². The van der Waals surface area contributed by atoms with E-state index < -0.39 is 17.8 Å². The summed E-state index contributed by atoms with van der Waals surface area (Å²) in [6, 6.07) is 6.84. The van der Waals surface area contributed by atoms with Crippen LogP contribution in [-0.2, 0) is 9.59 Å². The molecule has 4 atom stereocenters. The van der Waals surface area contributed by atoms with E-state index in [1.165, 1.54) is 0 Å². The number of hydrogen-bond donors (Lipinski definition) is 2. The quantitative estimate of drug-likeness (QED) is 0.813. The molecule has 1 saturated carbocycles. The number of benzene rings is 1. The Morgan fingerprint density at radius 3 is 2.19 bits per heavy atom. The molecule has 2 amide bonds. The second-order valence-electron chi connectivity index (χ2n) is 7.40. The molecule has 1 saturated heterocycles. The van der Waals surface area contributed by atoms with Gasteiger partial charge in [0.1, 0.15) is 0 Å². The number of nitrogens with one attached hydrogen (secondary N) is 1. The lowest BCUT2D eigenvalue weighted by atomic mass is 9.82. The third-order valence-electron chi connectivity index (χ3n) is 5.84. The predicted molar refractivity (Wildman–Crippen MR) is 95.6 cm³/mol. The number of likely N-dealkylation sites (tertiary alicyclic amines) is 1. The van der Waals surface area contributed by atoms with E-state index in [2.05, 4.69) is 5.32 Å². The molecule has 2 bridgehead atoms. The lowest BCUT2D eigenvalue weighted by molar-refractivity contribution is -0.146. The largest absolute Gasteiger partial charge is 0.481 e. The molecule has 4 rings (SSSR count). The molecule has 1 aliphatic heterocycles. The number of carboxylic acids is 1. The molecule has 2 fully saturated rings. The molecule has 1 heterocycles. The topological polar surface area (TPSA) is 86.7 Å². The SMILES string of the molecule is O=C(Nc1ccc(C(=O)N2CCCC2)cc1)[C@@H]1[C@@H](C(=O)O)[C@H]2C=C[C@@H]1C2. The van der Waals surface area contributed by atoms with Crippen LogP contribution in [0.3, 0.4) is 0 Å². The number of hydrogen-bond acceptors (Lipinski definition) is 3. The lowest BCUT2D eigenvalue weighted by Crippen LogP contribution is -2.36. The molecule has 1 aromatic carbocycles. The van der Waals surface area contributed by atoms with Crippen LogP contribution in [0.1, 0.15) is 29.6 Å². The lowest BCUT2D eigenvalue weighted by Gasteiger charge is -2.24. The van der Waals surface area contributed by atoms with Crippen LogP contribution in [0.15, 0.2) is 36.4 Å². The number of nitrogens with zero attached hydrogens (tertiary/aromatic N) is 1. The normalized spacial score (nSPS) is 29.2. The number of carbonyl (C=O) groups excluding carboxylic acids is 2. The number of rotatable bonds is 4. The molecule has 3 aliphatic rings. The van der Waals surface area contributed by atoms with E-state index in [1.54, 1.807) is 24.3 Å². The Labute approximate surface area is 151 Å². The molecule has 0 spiro atoms. The van der Waals surface area contributed by atoms with Gasteiger partial charge in [0, 0.05) is 24.3 Å². The molecular weight excluding hydrogens is 332 g/mol. The third-order valence-corrected chi connectivity index (χ3v) is 5.84. The molecule has 26 heavy (non-hydrogen) atoms. The number of allylic oxidation sites excluding steroid dienone is 2. The minimum Gasteiger partial charge on any atom is -0.481 e. The van der Waals surface area contributed by atoms with Crippen molar-refractivity contribution >= 4 is 23.5 Å². The first-order valence-corrected chi connectivity index (χ1v) is 9.16. The van der Waals surface area contributed by atoms with Crippen LogP contribution >= 0.6 is 0 Å². The highest BCUT2D eigenvalue weighted by atomic mass is 16.4. The van der Waals surface area contributed by atoms with Gasteiger partial charge in [-0.25, -0.2) is 0 Å². The molecule has 2 aliphatic carbocycles. The van der Waals surface area contributed by atoms with Gasteiger partial charge >= 0.3 is 5.97 Å². The van der Waals surface area contributed by atoms with Gasteiger partial charge in [0.25, 0.3) is 5.91 Å². The number of aliphatic carboxylic acids is 1. The summed E-state index contributed by atoms with van der Waals surface area (Å²) in [5.41, 5.74) is 1.19. The Bertz CT molecular complexity index is 765. The summed E-state index contributed by atoms with van der Waals surface area (Å²) in [5.74, 6) is -2.38. The van der Waals surface area contributed by atoms with Crippen molar-refractivity contribution in [1.82, 2.24) is 4.90 Å². The standard InChI is InChI=1S/C20H22N2O4/c23-18(16-13-3-4-14(11-13)17(16)20(25)26)21-15-7-5-12(6-8-15)19(24)22-9-1-2-10-22/h3-8,13-14,16-17H,1-2,9-11H2,(H,21,23)(H,25,26)/t13-,14+,16+,17+/m1/s1. The Kier molecular flexibility index (Phi) is 4.26. The number of amides is 2. The summed E-state index contributed by atoms with van der Waals surface area (Å²) in [6.07, 6.45) is 6.71. The fourth-order valence-corrected chi connectivity index (χ4v) is 4.54. The van der Waals surface area contributed by atoms with Crippen LogP contribution in [0.25, 0.3) is 0 Å². The van der Waals surface area contributed by atoms with Crippen LogP contribution < -0.4 is 5.32 Å². The van der Waals surface area contributed by atoms with E-state index in [0.717, 1.165) is 32.4 Å². The first kappa shape index (κ1) is 16.8. The van der Waals surface area contributed by atoms with Gasteiger partial charge in [0.05, 0.1) is 11.8 Å². The summed E-state index contributed by atoms with van der Waals surface area (Å²) < 4.78 is 0. The Morgan fingerprint density at radius 1 is 0.962 bits per heavy atom. The van der Waals surface area contributed by atoms with Crippen molar-refractivity contribution in [2.24, 2.45) is 23.7 Å². The average molecular weight is 354 g/mol. The highest BCUT2D eigenvalue weighted by Gasteiger charge is 2.51. The van der Waals surface area contributed by atoms with Gasteiger partial charge in [-0.05, 0) is 55.4 Å². The highest BCUT2D eigenvalue weighted by molar-refractivity contribution is 5.98. The van der Waals surface area contributed by atoms with Gasteiger partial charge in [0.15, 0.2) is 0 Å². The van der Waals surface area contributed by atoms with Gasteiger partial charge in [-0.3, -0.25) is 14.4 Å². The molecular formula is C20H22N2O4. The van der Waals surface area contributed by atoms with Crippen LogP contribution in [-0.4, -0.2) is 40.9 Å². The van der Waals surface area contributed by atoms with Gasteiger partial charge in [-0.2, -0.15) is 0 Å². The molecule has 0 unspecified atom stereocenters. The summed E-state index contributed by atoms with van der Waals surface area (Å²) in [5, 5.41) is 12.3. The van der Waals surface area contributed by atoms with Crippen molar-refractivity contribution in [2.75, 3.05) is 18.4 Å². The van der Waals surface area contributed by atoms with E-state index in [0.29, 0.717) is 11.3 Å². The maximum atomic E-state index is 12.7. The summed E-state index contributed by atoms with van der Waals surface area (Å²) in [4.78, 5) is 38.4. The van der Waals surface area contributed by atoms with Crippen molar-refractivity contribution in [3.05, 3.63) is 42.0 Å². The summed E-state index contributed by atoms with van der Waals surface area (Å²) in [6.45, 7) is 1.59. The van der Waals surface area contributed by atoms with Crippen molar-refractivity contribution in [2.45, 2.75) is 19.3 Å². The molecule has 6 nitrogen and oxygen atoms in total. The zero-order valence-electron chi connectivity index (χ0n) is 14.4. The molecule has 0 radical (unpaired) electrons. The second-order valence-corrected chi connectivity index (χ2v) is 7.40. The predicted octanol–water partition coefficient (Wildman–Crippen LogP) is 2.38. The zero-order chi connectivity index (χ0) is 18.3. The van der Waals surface area contributed by atoms with Crippen molar-refractivity contribution < 1.29 is 19.5 Å². The summed E-state index contributed by atoms with van der Waals surface area (Å²) >= 11 is 0. The first-order valence-electron chi connectivity index (χ1n) is 9.16. The van der Waals surface area contributed by atoms with Crippen molar-refractivity contribution in [1.29, 1.82) is 0 Å². The van der Waals surface area contributed by atoms with Gasteiger partial charge in [-0.15, -0.1) is 0 Å². The van der Waals surface area contributed by atoms with Crippen LogP contribution in [0.5, 0.6) is 0 Å². The van der Waals surface area contributed by atoms with Crippen LogP contribution in [0.2, 0.25) is 0 Å². The molecule has 2 N–H and O–H groups in total. The monoisotopic (exact) mass is 354 g/mol. The maximum Gasteiger partial charge on any atom is 0.307 e. The smallest absolute Gasteiger partial charge is 0.307 e. The van der Waals surface area contributed by atoms with Crippen molar-refractivity contribution in [3.8, 4) is 0 Å². The average Bonchev–Trinajstić information content (AvgIpc) is 3.37. The number of carbonyl (C=O) groups is 3. The Balaban J connectivity index is 1.44. The van der Waals surface area contributed by atoms with E-state index in [1.807, 2.05) is 17.1 Å². The maximum absolute atomic E-state index is 12.7. The third kappa shape index (κ3) is 2.89.